The van der Waals surface area contributed by atoms with Crippen molar-refractivity contribution >= 4 is 5.78 Å². The van der Waals surface area contributed by atoms with Gasteiger partial charge in [-0.1, -0.05) is 48.5 Å². The molecule has 2 aromatic carbocycles. The van der Waals surface area contributed by atoms with Crippen LogP contribution in [0.15, 0.2) is 54.6 Å². The molecule has 1 atom stereocenters. The molecule has 3 heteroatoms. The zero-order valence-electron chi connectivity index (χ0n) is 16.0. The van der Waals surface area contributed by atoms with Crippen LogP contribution in [0.25, 0.3) is 0 Å². The van der Waals surface area contributed by atoms with E-state index >= 15 is 0 Å². The van der Waals surface area contributed by atoms with E-state index in [9.17, 15) is 4.79 Å². The fraction of sp³-hybridized carbons (Fsp3) is 0.435. The lowest BCUT2D eigenvalue weighted by Gasteiger charge is -2.37. The third-order valence-electron chi connectivity index (χ3n) is 5.44. The molecule has 1 aliphatic rings. The molecule has 0 aliphatic carbocycles. The summed E-state index contributed by atoms with van der Waals surface area (Å²) in [6, 6.07) is 19.4. The van der Waals surface area contributed by atoms with Gasteiger partial charge in [0.05, 0.1) is 0 Å². The van der Waals surface area contributed by atoms with Gasteiger partial charge in [0.25, 0.3) is 0 Å². The molecule has 1 saturated heterocycles. The topological polar surface area (TPSA) is 23.6 Å². The number of hydrogen-bond acceptors (Lipinski definition) is 3. The molecule has 26 heavy (non-hydrogen) atoms. The summed E-state index contributed by atoms with van der Waals surface area (Å²) in [7, 11) is 2.26. The molecule has 138 valence electrons. The van der Waals surface area contributed by atoms with Crippen molar-refractivity contribution in [3.63, 3.8) is 0 Å². The van der Waals surface area contributed by atoms with Gasteiger partial charge < -0.3 is 4.90 Å². The second kappa shape index (κ2) is 9.11. The minimum absolute atomic E-state index is 0.143. The van der Waals surface area contributed by atoms with Crippen LogP contribution in [0.3, 0.4) is 0 Å². The number of carbonyl (C=O) groups is 1. The first-order valence-electron chi connectivity index (χ1n) is 9.68. The minimum Gasteiger partial charge on any atom is -0.302 e. The number of ketones is 1. The number of piperidine rings is 1. The molecular formula is C23H30N2O. The molecule has 1 heterocycles. The highest BCUT2D eigenvalue weighted by Crippen LogP contribution is 2.18. The maximum Gasteiger partial charge on any atom is 0.159 e. The Morgan fingerprint density at radius 3 is 2.65 bits per heavy atom. The van der Waals surface area contributed by atoms with Crippen molar-refractivity contribution in [3.05, 3.63) is 71.3 Å². The molecule has 0 unspecified atom stereocenters. The Balaban J connectivity index is 1.53. The smallest absolute Gasteiger partial charge is 0.159 e. The van der Waals surface area contributed by atoms with Gasteiger partial charge in [0.2, 0.25) is 0 Å². The predicted octanol–water partition coefficient (Wildman–Crippen LogP) is 4.03. The molecule has 1 aliphatic heterocycles. The summed E-state index contributed by atoms with van der Waals surface area (Å²) in [4.78, 5) is 16.7. The lowest BCUT2D eigenvalue weighted by atomic mass is 10.0. The Morgan fingerprint density at radius 2 is 1.88 bits per heavy atom. The highest BCUT2D eigenvalue weighted by Gasteiger charge is 2.23. The van der Waals surface area contributed by atoms with Crippen LogP contribution >= 0.6 is 0 Å². The highest BCUT2D eigenvalue weighted by molar-refractivity contribution is 5.94. The van der Waals surface area contributed by atoms with Crippen LogP contribution < -0.4 is 0 Å². The van der Waals surface area contributed by atoms with Crippen LogP contribution in [0, 0.1) is 0 Å². The van der Waals surface area contributed by atoms with E-state index in [1.165, 1.54) is 24.0 Å². The van der Waals surface area contributed by atoms with Crippen LogP contribution in [0.1, 0.15) is 41.3 Å². The lowest BCUT2D eigenvalue weighted by molar-refractivity contribution is 0.101. The third-order valence-corrected chi connectivity index (χ3v) is 5.44. The van der Waals surface area contributed by atoms with E-state index in [1.54, 1.807) is 6.92 Å². The van der Waals surface area contributed by atoms with Gasteiger partial charge >= 0.3 is 0 Å². The molecule has 0 radical (unpaired) electrons. The molecule has 0 N–H and O–H groups in total. The number of carbonyl (C=O) groups excluding carboxylic acids is 1. The van der Waals surface area contributed by atoms with E-state index < -0.39 is 0 Å². The quantitative estimate of drug-likeness (QED) is 0.705. The molecule has 0 saturated carbocycles. The molecule has 0 amide bonds. The van der Waals surface area contributed by atoms with Crippen LogP contribution in [0.2, 0.25) is 0 Å². The molecule has 3 nitrogen and oxygen atoms in total. The fourth-order valence-corrected chi connectivity index (χ4v) is 3.81. The molecule has 0 bridgehead atoms. The Labute approximate surface area is 157 Å². The second-order valence-electron chi connectivity index (χ2n) is 7.50. The number of nitrogens with zero attached hydrogens (tertiary/aromatic N) is 2. The first-order chi connectivity index (χ1) is 12.6. The fourth-order valence-electron chi connectivity index (χ4n) is 3.81. The van der Waals surface area contributed by atoms with E-state index in [0.717, 1.165) is 38.2 Å². The van der Waals surface area contributed by atoms with Crippen molar-refractivity contribution in [2.75, 3.05) is 26.7 Å². The van der Waals surface area contributed by atoms with Gasteiger partial charge in [0.15, 0.2) is 5.78 Å². The number of likely N-dealkylation sites (N-methyl/N-ethyl adjacent to an activating group) is 1. The minimum atomic E-state index is 0.143. The molecule has 0 aromatic heterocycles. The second-order valence-corrected chi connectivity index (χ2v) is 7.50. The van der Waals surface area contributed by atoms with Crippen molar-refractivity contribution in [2.45, 2.75) is 38.8 Å². The van der Waals surface area contributed by atoms with Gasteiger partial charge in [-0.2, -0.15) is 0 Å². The molecule has 0 spiro atoms. The van der Waals surface area contributed by atoms with E-state index in [4.69, 9.17) is 0 Å². The highest BCUT2D eigenvalue weighted by atomic mass is 16.1. The van der Waals surface area contributed by atoms with Crippen molar-refractivity contribution in [2.24, 2.45) is 0 Å². The van der Waals surface area contributed by atoms with Crippen molar-refractivity contribution in [1.82, 2.24) is 9.80 Å². The SMILES string of the molecule is CC(=O)c1cccc(CN2CCC[C@@H](N(C)CCc3ccccc3)C2)c1. The first-order valence-corrected chi connectivity index (χ1v) is 9.68. The van der Waals surface area contributed by atoms with Crippen LogP contribution in [0.5, 0.6) is 0 Å². The zero-order valence-corrected chi connectivity index (χ0v) is 16.0. The van der Waals surface area contributed by atoms with Gasteiger partial charge in [-0.25, -0.2) is 0 Å². The Hall–Kier alpha value is -1.97. The first kappa shape index (κ1) is 18.8. The van der Waals surface area contributed by atoms with Gasteiger partial charge in [-0.05, 0) is 57.0 Å². The lowest BCUT2D eigenvalue weighted by Crippen LogP contribution is -2.46. The Bertz CT molecular complexity index is 713. The summed E-state index contributed by atoms with van der Waals surface area (Å²) in [5, 5.41) is 0. The summed E-state index contributed by atoms with van der Waals surface area (Å²) in [5.74, 6) is 0.143. The van der Waals surface area contributed by atoms with Crippen LogP contribution in [0.4, 0.5) is 0 Å². The number of hydrogen-bond donors (Lipinski definition) is 0. The van der Waals surface area contributed by atoms with Gasteiger partial charge in [0.1, 0.15) is 0 Å². The molecule has 1 fully saturated rings. The summed E-state index contributed by atoms with van der Waals surface area (Å²) in [5.41, 5.74) is 3.47. The number of likely N-dealkylation sites (tertiary alicyclic amines) is 1. The van der Waals surface area contributed by atoms with Gasteiger partial charge in [-0.3, -0.25) is 9.69 Å². The number of Topliss-reactive ketones (excluding diaryl/α,β-unsaturated/α-hetero) is 1. The van der Waals surface area contributed by atoms with Crippen molar-refractivity contribution in [1.29, 1.82) is 0 Å². The van der Waals surface area contributed by atoms with Gasteiger partial charge in [-0.15, -0.1) is 0 Å². The molecule has 2 aromatic rings. The average molecular weight is 351 g/mol. The predicted molar refractivity (Wildman–Crippen MR) is 108 cm³/mol. The summed E-state index contributed by atoms with van der Waals surface area (Å²) >= 11 is 0. The normalized spacial score (nSPS) is 18.2. The molecule has 3 rings (SSSR count). The summed E-state index contributed by atoms with van der Waals surface area (Å²) in [6.07, 6.45) is 3.62. The summed E-state index contributed by atoms with van der Waals surface area (Å²) < 4.78 is 0. The van der Waals surface area contributed by atoms with E-state index in [2.05, 4.69) is 53.2 Å². The standard InChI is InChI=1S/C23H30N2O/c1-19(26)22-11-6-10-21(16-22)17-25-14-7-12-23(18-25)24(2)15-13-20-8-4-3-5-9-20/h3-6,8-11,16,23H,7,12-15,17-18H2,1-2H3/t23-/m1/s1. The number of benzene rings is 2. The third kappa shape index (κ3) is 5.26. The maximum atomic E-state index is 11.6. The van der Waals surface area contributed by atoms with Crippen LogP contribution in [-0.2, 0) is 13.0 Å². The van der Waals surface area contributed by atoms with Gasteiger partial charge in [0, 0.05) is 31.2 Å². The zero-order chi connectivity index (χ0) is 18.4. The largest absolute Gasteiger partial charge is 0.302 e. The van der Waals surface area contributed by atoms with E-state index in [-0.39, 0.29) is 5.78 Å². The monoisotopic (exact) mass is 350 g/mol. The average Bonchev–Trinajstić information content (AvgIpc) is 2.67. The van der Waals surface area contributed by atoms with E-state index in [0.29, 0.717) is 6.04 Å². The van der Waals surface area contributed by atoms with Crippen molar-refractivity contribution in [3.8, 4) is 0 Å². The Morgan fingerprint density at radius 1 is 1.12 bits per heavy atom. The number of rotatable bonds is 7. The maximum absolute atomic E-state index is 11.6. The van der Waals surface area contributed by atoms with Crippen LogP contribution in [-0.4, -0.2) is 48.3 Å². The summed E-state index contributed by atoms with van der Waals surface area (Å²) in [6.45, 7) is 5.92. The van der Waals surface area contributed by atoms with Crippen molar-refractivity contribution < 1.29 is 4.79 Å². The Kier molecular flexibility index (Phi) is 6.59. The van der Waals surface area contributed by atoms with E-state index in [1.807, 2.05) is 18.2 Å². The molecular weight excluding hydrogens is 320 g/mol.